The number of carbonyl (C=O) groups excluding carboxylic acids is 1. The highest BCUT2D eigenvalue weighted by atomic mass is 35.5. The molecule has 0 unspecified atom stereocenters. The molecule has 1 aromatic carbocycles. The number of amides is 1. The van der Waals surface area contributed by atoms with Gasteiger partial charge < -0.3 is 5.43 Å². The van der Waals surface area contributed by atoms with Crippen LogP contribution >= 0.6 is 22.9 Å². The minimum Gasteiger partial charge on any atom is -0.323 e. The number of carbonyl (C=O) groups is 1. The summed E-state index contributed by atoms with van der Waals surface area (Å²) in [5.74, 6) is 5.04. The second-order valence-corrected chi connectivity index (χ2v) is 5.62. The Bertz CT molecular complexity index is 819. The third kappa shape index (κ3) is 2.80. The van der Waals surface area contributed by atoms with E-state index >= 15 is 0 Å². The normalized spacial score (nSPS) is 10.6. The predicted octanol–water partition coefficient (Wildman–Crippen LogP) is 2.88. The van der Waals surface area contributed by atoms with Crippen LogP contribution in [0.5, 0.6) is 0 Å². The molecule has 0 fully saturated rings. The zero-order chi connectivity index (χ0) is 14.8. The van der Waals surface area contributed by atoms with Crippen molar-refractivity contribution < 1.29 is 4.79 Å². The molecular formula is C13H10ClN5OS. The number of hydrazine groups is 1. The molecule has 0 aliphatic rings. The average Bonchev–Trinajstić information content (AvgIpc) is 2.88. The van der Waals surface area contributed by atoms with E-state index in [1.807, 2.05) is 0 Å². The maximum atomic E-state index is 12.2. The Balaban J connectivity index is 1.89. The van der Waals surface area contributed by atoms with Crippen molar-refractivity contribution in [3.05, 3.63) is 47.2 Å². The molecule has 0 bridgehead atoms. The van der Waals surface area contributed by atoms with Crippen molar-refractivity contribution in [3.63, 3.8) is 0 Å². The van der Waals surface area contributed by atoms with Crippen LogP contribution in [0.15, 0.2) is 36.7 Å². The number of benzene rings is 1. The summed E-state index contributed by atoms with van der Waals surface area (Å²) in [6, 6.07) is 6.99. The van der Waals surface area contributed by atoms with Gasteiger partial charge in [0.05, 0.1) is 21.5 Å². The molecule has 3 aromatic rings. The van der Waals surface area contributed by atoms with Gasteiger partial charge in [0.2, 0.25) is 0 Å². The summed E-state index contributed by atoms with van der Waals surface area (Å²) in [4.78, 5) is 20.5. The largest absolute Gasteiger partial charge is 0.323 e. The number of hydrogen-bond donors (Lipinski definition) is 3. The Labute approximate surface area is 128 Å². The van der Waals surface area contributed by atoms with Gasteiger partial charge in [-0.05, 0) is 24.3 Å². The number of aromatic nitrogens is 2. The maximum absolute atomic E-state index is 12.2. The van der Waals surface area contributed by atoms with Gasteiger partial charge in [0, 0.05) is 17.4 Å². The van der Waals surface area contributed by atoms with Crippen molar-refractivity contribution in [2.45, 2.75) is 0 Å². The summed E-state index contributed by atoms with van der Waals surface area (Å²) in [6.07, 6.45) is 2.99. The first-order valence-corrected chi connectivity index (χ1v) is 7.15. The molecule has 0 atom stereocenters. The van der Waals surface area contributed by atoms with Gasteiger partial charge in [-0.25, -0.2) is 4.98 Å². The molecule has 6 nitrogen and oxygen atoms in total. The Morgan fingerprint density at radius 3 is 3.00 bits per heavy atom. The first kappa shape index (κ1) is 13.7. The molecule has 21 heavy (non-hydrogen) atoms. The third-order valence-electron chi connectivity index (χ3n) is 2.79. The van der Waals surface area contributed by atoms with Crippen LogP contribution in [0, 0.1) is 0 Å². The van der Waals surface area contributed by atoms with E-state index in [1.54, 1.807) is 30.5 Å². The van der Waals surface area contributed by atoms with E-state index in [-0.39, 0.29) is 5.91 Å². The Kier molecular flexibility index (Phi) is 3.70. The van der Waals surface area contributed by atoms with Gasteiger partial charge >= 0.3 is 0 Å². The molecule has 4 N–H and O–H groups in total. The Morgan fingerprint density at radius 1 is 1.33 bits per heavy atom. The number of nitrogen functional groups attached to an aromatic ring is 1. The number of nitrogens with one attached hydrogen (secondary N) is 2. The first-order valence-electron chi connectivity index (χ1n) is 5.95. The van der Waals surface area contributed by atoms with E-state index in [2.05, 4.69) is 20.7 Å². The number of hydrogen-bond acceptors (Lipinski definition) is 6. The van der Waals surface area contributed by atoms with Crippen LogP contribution in [0.2, 0.25) is 5.02 Å². The van der Waals surface area contributed by atoms with Crippen molar-refractivity contribution in [1.82, 2.24) is 9.97 Å². The van der Waals surface area contributed by atoms with Crippen LogP contribution in [0.3, 0.4) is 0 Å². The summed E-state index contributed by atoms with van der Waals surface area (Å²) in [7, 11) is 0. The van der Waals surface area contributed by atoms with E-state index in [0.717, 1.165) is 10.2 Å². The van der Waals surface area contributed by atoms with E-state index in [1.165, 1.54) is 17.5 Å². The van der Waals surface area contributed by atoms with Crippen molar-refractivity contribution >= 4 is 49.9 Å². The lowest BCUT2D eigenvalue weighted by atomic mass is 10.2. The molecule has 2 aromatic heterocycles. The fourth-order valence-electron chi connectivity index (χ4n) is 1.82. The monoisotopic (exact) mass is 319 g/mol. The van der Waals surface area contributed by atoms with E-state index < -0.39 is 0 Å². The molecule has 0 aliphatic heterocycles. The molecule has 1 amide bonds. The standard InChI is InChI=1S/C13H10ClN5OS/c14-7-1-2-10-11(5-7)21-13(17-10)18-12(20)8-6-16-4-3-9(8)19-15/h1-6H,15H2,(H,16,19)(H,17,18,20). The summed E-state index contributed by atoms with van der Waals surface area (Å²) in [5.41, 5.74) is 4.08. The van der Waals surface area contributed by atoms with E-state index in [0.29, 0.717) is 21.4 Å². The van der Waals surface area contributed by atoms with Gasteiger partial charge in [0.15, 0.2) is 5.13 Å². The summed E-state index contributed by atoms with van der Waals surface area (Å²) < 4.78 is 0.904. The Morgan fingerprint density at radius 2 is 2.19 bits per heavy atom. The van der Waals surface area contributed by atoms with Gasteiger partial charge in [-0.1, -0.05) is 22.9 Å². The zero-order valence-corrected chi connectivity index (χ0v) is 12.2. The molecule has 0 aliphatic carbocycles. The number of halogens is 1. The summed E-state index contributed by atoms with van der Waals surface area (Å²) in [6.45, 7) is 0. The number of nitrogens with two attached hydrogens (primary N) is 1. The smallest absolute Gasteiger partial charge is 0.261 e. The van der Waals surface area contributed by atoms with E-state index in [4.69, 9.17) is 17.4 Å². The van der Waals surface area contributed by atoms with Crippen molar-refractivity contribution in [3.8, 4) is 0 Å². The summed E-state index contributed by atoms with van der Waals surface area (Å²) in [5, 5.41) is 3.85. The number of rotatable bonds is 3. The lowest BCUT2D eigenvalue weighted by Crippen LogP contribution is -2.17. The second kappa shape index (κ2) is 5.65. The SMILES string of the molecule is NNc1ccncc1C(=O)Nc1nc2ccc(Cl)cc2s1. The molecule has 106 valence electrons. The zero-order valence-electron chi connectivity index (χ0n) is 10.6. The number of pyridine rings is 1. The molecule has 3 rings (SSSR count). The van der Waals surface area contributed by atoms with Crippen molar-refractivity contribution in [1.29, 1.82) is 0 Å². The quantitative estimate of drug-likeness (QED) is 0.510. The van der Waals surface area contributed by atoms with Crippen LogP contribution < -0.4 is 16.6 Å². The van der Waals surface area contributed by atoms with Crippen LogP contribution in [-0.2, 0) is 0 Å². The minimum absolute atomic E-state index is 0.332. The lowest BCUT2D eigenvalue weighted by molar-refractivity contribution is 0.102. The lowest BCUT2D eigenvalue weighted by Gasteiger charge is -2.06. The topological polar surface area (TPSA) is 92.9 Å². The Hall–Kier alpha value is -2.22. The second-order valence-electron chi connectivity index (χ2n) is 4.15. The highest BCUT2D eigenvalue weighted by molar-refractivity contribution is 7.22. The fraction of sp³-hybridized carbons (Fsp3) is 0. The molecule has 0 saturated carbocycles. The third-order valence-corrected chi connectivity index (χ3v) is 3.96. The number of anilines is 2. The number of nitrogens with zero attached hydrogens (tertiary/aromatic N) is 2. The maximum Gasteiger partial charge on any atom is 0.261 e. The van der Waals surface area contributed by atoms with Gasteiger partial charge in [-0.15, -0.1) is 0 Å². The molecule has 8 heteroatoms. The molecule has 2 heterocycles. The minimum atomic E-state index is -0.332. The van der Waals surface area contributed by atoms with Gasteiger partial charge in [0.25, 0.3) is 5.91 Å². The predicted molar refractivity (Wildman–Crippen MR) is 84.6 cm³/mol. The molecular weight excluding hydrogens is 310 g/mol. The number of fused-ring (bicyclic) bond motifs is 1. The van der Waals surface area contributed by atoms with Gasteiger partial charge in [-0.3, -0.25) is 20.9 Å². The fourth-order valence-corrected chi connectivity index (χ4v) is 2.95. The van der Waals surface area contributed by atoms with Gasteiger partial charge in [-0.2, -0.15) is 0 Å². The van der Waals surface area contributed by atoms with Gasteiger partial charge in [0.1, 0.15) is 0 Å². The van der Waals surface area contributed by atoms with Crippen molar-refractivity contribution in [2.75, 3.05) is 10.7 Å². The van der Waals surface area contributed by atoms with Crippen molar-refractivity contribution in [2.24, 2.45) is 5.84 Å². The van der Waals surface area contributed by atoms with E-state index in [9.17, 15) is 4.79 Å². The first-order chi connectivity index (χ1) is 10.2. The van der Waals surface area contributed by atoms with Crippen LogP contribution in [0.4, 0.5) is 10.8 Å². The molecule has 0 saturated heterocycles. The molecule has 0 radical (unpaired) electrons. The highest BCUT2D eigenvalue weighted by Gasteiger charge is 2.13. The van der Waals surface area contributed by atoms with Crippen LogP contribution in [-0.4, -0.2) is 15.9 Å². The molecule has 0 spiro atoms. The highest BCUT2D eigenvalue weighted by Crippen LogP contribution is 2.28. The van der Waals surface area contributed by atoms with Crippen LogP contribution in [0.1, 0.15) is 10.4 Å². The number of thiazole rings is 1. The van der Waals surface area contributed by atoms with Crippen LogP contribution in [0.25, 0.3) is 10.2 Å². The summed E-state index contributed by atoms with van der Waals surface area (Å²) >= 11 is 7.28. The average molecular weight is 320 g/mol.